The minimum absolute atomic E-state index is 0.0111. The van der Waals surface area contributed by atoms with E-state index in [1.54, 1.807) is 0 Å². The van der Waals surface area contributed by atoms with Gasteiger partial charge in [0.05, 0.1) is 0 Å². The number of fused-ring (bicyclic) bond motifs is 1. The highest BCUT2D eigenvalue weighted by Crippen LogP contribution is 2.28. The molecule has 1 amide bonds. The smallest absolute Gasteiger partial charge is 0.290 e. The molecule has 2 unspecified atom stereocenters. The number of amides is 1. The largest absolute Gasteiger partial charge is 0.451 e. The number of hydrogen-bond donors (Lipinski definition) is 0. The Kier molecular flexibility index (Phi) is 3.59. The van der Waals surface area contributed by atoms with E-state index in [0.29, 0.717) is 5.76 Å². The van der Waals surface area contributed by atoms with Gasteiger partial charge in [0.2, 0.25) is 0 Å². The molecule has 2 atom stereocenters. The van der Waals surface area contributed by atoms with Gasteiger partial charge in [0.15, 0.2) is 5.76 Å². The molecule has 1 aromatic carbocycles. The lowest BCUT2D eigenvalue weighted by molar-refractivity contribution is 0.0481. The van der Waals surface area contributed by atoms with Crippen molar-refractivity contribution in [1.82, 2.24) is 4.90 Å². The first-order valence-electron chi connectivity index (χ1n) is 7.08. The summed E-state index contributed by atoms with van der Waals surface area (Å²) in [4.78, 5) is 14.7. The molecular formula is C16H18BrNO2. The van der Waals surface area contributed by atoms with Crippen LogP contribution in [0.5, 0.6) is 0 Å². The Morgan fingerprint density at radius 3 is 2.65 bits per heavy atom. The number of halogens is 1. The number of piperidine rings is 1. The Hall–Kier alpha value is -1.29. The molecule has 0 saturated carbocycles. The number of benzene rings is 1. The minimum atomic E-state index is 0.0111. The van der Waals surface area contributed by atoms with Crippen LogP contribution in [0.4, 0.5) is 0 Å². The Bertz CT molecular complexity index is 639. The van der Waals surface area contributed by atoms with E-state index in [-0.39, 0.29) is 18.0 Å². The number of rotatable bonds is 1. The molecule has 0 radical (unpaired) electrons. The molecule has 1 aromatic heterocycles. The molecule has 3 nitrogen and oxygen atoms in total. The van der Waals surface area contributed by atoms with Crippen LogP contribution in [0.25, 0.3) is 11.0 Å². The molecule has 1 saturated heterocycles. The molecule has 0 bridgehead atoms. The Morgan fingerprint density at radius 1 is 1.25 bits per heavy atom. The molecule has 0 spiro atoms. The summed E-state index contributed by atoms with van der Waals surface area (Å²) in [5.74, 6) is 0.454. The summed E-state index contributed by atoms with van der Waals surface area (Å²) in [6, 6.07) is 8.23. The third-order valence-electron chi connectivity index (χ3n) is 4.12. The van der Waals surface area contributed by atoms with Crippen LogP contribution in [0.3, 0.4) is 0 Å². The fourth-order valence-electron chi connectivity index (χ4n) is 3.06. The number of nitrogens with zero attached hydrogens (tertiary/aromatic N) is 1. The summed E-state index contributed by atoms with van der Waals surface area (Å²) in [6.07, 6.45) is 3.34. The summed E-state index contributed by atoms with van der Waals surface area (Å²) < 4.78 is 6.70. The van der Waals surface area contributed by atoms with E-state index < -0.39 is 0 Å². The lowest BCUT2D eigenvalue weighted by atomic mass is 9.97. The molecular weight excluding hydrogens is 318 g/mol. The molecule has 3 rings (SSSR count). The topological polar surface area (TPSA) is 33.5 Å². The summed E-state index contributed by atoms with van der Waals surface area (Å²) in [6.45, 7) is 4.24. The Balaban J connectivity index is 1.95. The number of furan rings is 1. The van der Waals surface area contributed by atoms with Gasteiger partial charge in [-0.05, 0) is 57.4 Å². The monoisotopic (exact) mass is 335 g/mol. The van der Waals surface area contributed by atoms with E-state index in [9.17, 15) is 4.79 Å². The summed E-state index contributed by atoms with van der Waals surface area (Å²) >= 11 is 3.42. The lowest BCUT2D eigenvalue weighted by Crippen LogP contribution is -2.47. The van der Waals surface area contributed by atoms with Crippen molar-refractivity contribution in [2.45, 2.75) is 45.2 Å². The average Bonchev–Trinajstić information content (AvgIpc) is 2.81. The molecule has 2 heterocycles. The Labute approximate surface area is 127 Å². The molecule has 20 heavy (non-hydrogen) atoms. The zero-order chi connectivity index (χ0) is 14.3. The average molecular weight is 336 g/mol. The van der Waals surface area contributed by atoms with Gasteiger partial charge in [-0.2, -0.15) is 0 Å². The number of hydrogen-bond acceptors (Lipinski definition) is 2. The Morgan fingerprint density at radius 2 is 1.95 bits per heavy atom. The predicted molar refractivity (Wildman–Crippen MR) is 82.9 cm³/mol. The molecule has 106 valence electrons. The highest BCUT2D eigenvalue weighted by Gasteiger charge is 2.31. The standard InChI is InChI=1S/C16H18BrNO2/c1-10-4-3-5-11(2)18(10)16(19)15-8-12-6-7-13(17)9-14(12)20-15/h6-11H,3-5H2,1-2H3. The maximum atomic E-state index is 12.7. The number of carbonyl (C=O) groups excluding carboxylic acids is 1. The fraction of sp³-hybridized carbons (Fsp3) is 0.438. The highest BCUT2D eigenvalue weighted by atomic mass is 79.9. The van der Waals surface area contributed by atoms with Crippen molar-refractivity contribution < 1.29 is 9.21 Å². The van der Waals surface area contributed by atoms with Crippen LogP contribution in [0, 0.1) is 0 Å². The quantitative estimate of drug-likeness (QED) is 0.763. The highest BCUT2D eigenvalue weighted by molar-refractivity contribution is 9.10. The van der Waals surface area contributed by atoms with Gasteiger partial charge in [0.25, 0.3) is 5.91 Å². The van der Waals surface area contributed by atoms with E-state index in [2.05, 4.69) is 29.8 Å². The summed E-state index contributed by atoms with van der Waals surface area (Å²) in [5.41, 5.74) is 0.750. The maximum absolute atomic E-state index is 12.7. The van der Waals surface area contributed by atoms with Gasteiger partial charge >= 0.3 is 0 Å². The van der Waals surface area contributed by atoms with Gasteiger partial charge in [-0.1, -0.05) is 15.9 Å². The first-order valence-corrected chi connectivity index (χ1v) is 7.87. The van der Waals surface area contributed by atoms with Crippen molar-refractivity contribution in [2.75, 3.05) is 0 Å². The van der Waals surface area contributed by atoms with Gasteiger partial charge in [-0.15, -0.1) is 0 Å². The third-order valence-corrected chi connectivity index (χ3v) is 4.61. The second kappa shape index (κ2) is 5.24. The van der Waals surface area contributed by atoms with Gasteiger partial charge in [0, 0.05) is 21.9 Å². The van der Waals surface area contributed by atoms with E-state index in [4.69, 9.17) is 4.42 Å². The minimum Gasteiger partial charge on any atom is -0.451 e. The van der Waals surface area contributed by atoms with Crippen molar-refractivity contribution in [3.63, 3.8) is 0 Å². The van der Waals surface area contributed by atoms with Crippen LogP contribution in [0.2, 0.25) is 0 Å². The van der Waals surface area contributed by atoms with Crippen molar-refractivity contribution >= 4 is 32.8 Å². The van der Waals surface area contributed by atoms with Crippen LogP contribution in [-0.2, 0) is 0 Å². The van der Waals surface area contributed by atoms with Crippen LogP contribution < -0.4 is 0 Å². The van der Waals surface area contributed by atoms with Gasteiger partial charge in [-0.25, -0.2) is 0 Å². The SMILES string of the molecule is CC1CCCC(C)N1C(=O)c1cc2ccc(Br)cc2o1. The molecule has 0 aliphatic carbocycles. The fourth-order valence-corrected chi connectivity index (χ4v) is 3.40. The van der Waals surface area contributed by atoms with E-state index in [1.165, 1.54) is 6.42 Å². The molecule has 1 aliphatic rings. The molecule has 4 heteroatoms. The first kappa shape index (κ1) is 13.7. The van der Waals surface area contributed by atoms with E-state index >= 15 is 0 Å². The third kappa shape index (κ3) is 2.37. The molecule has 0 N–H and O–H groups in total. The van der Waals surface area contributed by atoms with Crippen molar-refractivity contribution in [3.05, 3.63) is 34.5 Å². The summed E-state index contributed by atoms with van der Waals surface area (Å²) in [5, 5.41) is 0.967. The number of carbonyl (C=O) groups is 1. The van der Waals surface area contributed by atoms with Crippen molar-refractivity contribution in [2.24, 2.45) is 0 Å². The zero-order valence-electron chi connectivity index (χ0n) is 11.7. The van der Waals surface area contributed by atoms with E-state index in [0.717, 1.165) is 28.3 Å². The normalized spacial score (nSPS) is 23.2. The van der Waals surface area contributed by atoms with Gasteiger partial charge in [-0.3, -0.25) is 4.79 Å². The van der Waals surface area contributed by atoms with E-state index in [1.807, 2.05) is 29.2 Å². The van der Waals surface area contributed by atoms with Crippen LogP contribution in [0.15, 0.2) is 33.2 Å². The van der Waals surface area contributed by atoms with Crippen molar-refractivity contribution in [1.29, 1.82) is 0 Å². The summed E-state index contributed by atoms with van der Waals surface area (Å²) in [7, 11) is 0. The second-order valence-corrected chi connectivity index (χ2v) is 6.55. The molecule has 1 fully saturated rings. The van der Waals surface area contributed by atoms with Crippen LogP contribution in [-0.4, -0.2) is 22.9 Å². The lowest BCUT2D eigenvalue weighted by Gasteiger charge is -2.38. The number of likely N-dealkylation sites (tertiary alicyclic amines) is 1. The first-order chi connectivity index (χ1) is 9.56. The van der Waals surface area contributed by atoms with Gasteiger partial charge in [0.1, 0.15) is 5.58 Å². The van der Waals surface area contributed by atoms with Gasteiger partial charge < -0.3 is 9.32 Å². The van der Waals surface area contributed by atoms with Crippen molar-refractivity contribution in [3.8, 4) is 0 Å². The predicted octanol–water partition coefficient (Wildman–Crippen LogP) is 4.60. The second-order valence-electron chi connectivity index (χ2n) is 5.63. The maximum Gasteiger partial charge on any atom is 0.290 e. The van der Waals surface area contributed by atoms with Crippen LogP contribution >= 0.6 is 15.9 Å². The molecule has 1 aliphatic heterocycles. The zero-order valence-corrected chi connectivity index (χ0v) is 13.3. The van der Waals surface area contributed by atoms with Crippen LogP contribution in [0.1, 0.15) is 43.7 Å². The molecule has 2 aromatic rings.